The summed E-state index contributed by atoms with van der Waals surface area (Å²) >= 11 is 0. The van der Waals surface area contributed by atoms with Crippen LogP contribution in [0.3, 0.4) is 0 Å². The van der Waals surface area contributed by atoms with Gasteiger partial charge in [-0.05, 0) is 24.6 Å². The molecule has 0 saturated heterocycles. The molecule has 0 amide bonds. The first-order chi connectivity index (χ1) is 8.08. The Hall–Kier alpha value is -2.04. The monoisotopic (exact) mass is 234 g/mol. The number of hydrogen-bond donors (Lipinski definition) is 0. The fourth-order valence-corrected chi connectivity index (χ4v) is 1.67. The van der Waals surface area contributed by atoms with E-state index in [1.807, 2.05) is 6.92 Å². The van der Waals surface area contributed by atoms with Crippen molar-refractivity contribution in [2.45, 2.75) is 13.5 Å². The Morgan fingerprint density at radius 1 is 1.35 bits per heavy atom. The molecule has 0 aliphatic carbocycles. The second-order valence-corrected chi connectivity index (χ2v) is 3.90. The van der Waals surface area contributed by atoms with Crippen molar-refractivity contribution in [1.82, 2.24) is 9.78 Å². The highest BCUT2D eigenvalue weighted by molar-refractivity contribution is 5.32. The summed E-state index contributed by atoms with van der Waals surface area (Å²) in [6, 6.07) is 6.23. The van der Waals surface area contributed by atoms with E-state index >= 15 is 0 Å². The van der Waals surface area contributed by atoms with Crippen LogP contribution < -0.4 is 0 Å². The molecule has 0 spiro atoms. The molecular weight excluding hydrogens is 221 g/mol. The lowest BCUT2D eigenvalue weighted by atomic mass is 10.2. The van der Waals surface area contributed by atoms with Gasteiger partial charge in [-0.1, -0.05) is 12.1 Å². The van der Waals surface area contributed by atoms with Crippen LogP contribution in [0.5, 0.6) is 0 Å². The number of rotatable bonds is 3. The Labute approximate surface area is 98.3 Å². The molecule has 0 unspecified atom stereocenters. The van der Waals surface area contributed by atoms with E-state index in [4.69, 9.17) is 0 Å². The quantitative estimate of drug-likeness (QED) is 0.765. The van der Waals surface area contributed by atoms with Gasteiger partial charge in [0.25, 0.3) is 5.69 Å². The van der Waals surface area contributed by atoms with Crippen LogP contribution >= 0.6 is 0 Å². The maximum Gasteiger partial charge on any atom is 0.296 e. The maximum atomic E-state index is 12.7. The van der Waals surface area contributed by atoms with Gasteiger partial charge in [-0.25, -0.2) is 4.39 Å². The van der Waals surface area contributed by atoms with Gasteiger partial charge in [0.2, 0.25) is 0 Å². The highest BCUT2D eigenvalue weighted by Gasteiger charge is 2.16. The molecule has 5 heteroatoms. The minimum absolute atomic E-state index is 0.258. The van der Waals surface area contributed by atoms with Gasteiger partial charge in [0.15, 0.2) is 7.05 Å². The Bertz CT molecular complexity index is 545. The normalized spacial score (nSPS) is 10.5. The van der Waals surface area contributed by atoms with Crippen molar-refractivity contribution in [3.63, 3.8) is 0 Å². The Balaban J connectivity index is 2.24. The van der Waals surface area contributed by atoms with Crippen LogP contribution in [0, 0.1) is 17.6 Å². The van der Waals surface area contributed by atoms with Crippen LogP contribution in [0.15, 0.2) is 30.5 Å². The molecule has 1 heterocycles. The first-order valence-corrected chi connectivity index (χ1v) is 5.25. The Kier molecular flexibility index (Phi) is 2.99. The van der Waals surface area contributed by atoms with Gasteiger partial charge < -0.3 is 0 Å². The van der Waals surface area contributed by atoms with Gasteiger partial charge in [0.05, 0.1) is 6.54 Å². The summed E-state index contributed by atoms with van der Waals surface area (Å²) in [6.45, 7) is 2.36. The van der Waals surface area contributed by atoms with E-state index in [-0.39, 0.29) is 5.82 Å². The van der Waals surface area contributed by atoms with E-state index in [1.165, 1.54) is 25.4 Å². The third kappa shape index (κ3) is 2.38. The largest absolute Gasteiger partial charge is 0.296 e. The van der Waals surface area contributed by atoms with Crippen LogP contribution in [-0.2, 0) is 6.54 Å². The molecule has 0 fully saturated rings. The molecule has 0 radical (unpaired) electrons. The van der Waals surface area contributed by atoms with Crippen LogP contribution in [0.25, 0.3) is 0 Å². The zero-order valence-electron chi connectivity index (χ0n) is 9.72. The Morgan fingerprint density at radius 2 is 2.00 bits per heavy atom. The topological polar surface area (TPSA) is 37.9 Å². The molecule has 0 aliphatic heterocycles. The molecule has 0 atom stereocenters. The van der Waals surface area contributed by atoms with Crippen molar-refractivity contribution in [1.29, 1.82) is 0 Å². The van der Waals surface area contributed by atoms with E-state index < -0.39 is 0 Å². The number of halogens is 1. The maximum absolute atomic E-state index is 12.7. The first-order valence-electron chi connectivity index (χ1n) is 5.25. The average molecular weight is 234 g/mol. The standard InChI is InChI=1S/C12H13FN3O/c1-9-12(15(2)17)7-14-16(9)8-10-3-5-11(13)6-4-10/h3-7H,8H2,1-2H3/q+1. The summed E-state index contributed by atoms with van der Waals surface area (Å²) in [4.78, 5) is 11.2. The van der Waals surface area contributed by atoms with Crippen molar-refractivity contribution >= 4 is 5.69 Å². The summed E-state index contributed by atoms with van der Waals surface area (Å²) < 4.78 is 15.2. The zero-order valence-corrected chi connectivity index (χ0v) is 9.72. The first kappa shape index (κ1) is 11.4. The van der Waals surface area contributed by atoms with E-state index in [0.29, 0.717) is 12.2 Å². The van der Waals surface area contributed by atoms with E-state index in [0.717, 1.165) is 16.0 Å². The molecule has 2 aromatic rings. The molecule has 88 valence electrons. The van der Waals surface area contributed by atoms with Gasteiger partial charge >= 0.3 is 0 Å². The van der Waals surface area contributed by atoms with E-state index in [1.54, 1.807) is 16.8 Å². The third-order valence-corrected chi connectivity index (χ3v) is 2.66. The molecule has 0 saturated carbocycles. The second-order valence-electron chi connectivity index (χ2n) is 3.90. The van der Waals surface area contributed by atoms with Crippen molar-refractivity contribution < 1.29 is 9.15 Å². The zero-order chi connectivity index (χ0) is 12.4. The minimum atomic E-state index is -0.258. The lowest BCUT2D eigenvalue weighted by Crippen LogP contribution is -2.04. The molecule has 1 aromatic heterocycles. The van der Waals surface area contributed by atoms with E-state index in [9.17, 15) is 9.30 Å². The van der Waals surface area contributed by atoms with Gasteiger partial charge in [0.1, 0.15) is 17.7 Å². The average Bonchev–Trinajstić information content (AvgIpc) is 2.64. The van der Waals surface area contributed by atoms with Crippen molar-refractivity contribution in [2.24, 2.45) is 0 Å². The summed E-state index contributed by atoms with van der Waals surface area (Å²) in [5.41, 5.74) is 2.29. The molecule has 2 rings (SSSR count). The number of nitrogens with zero attached hydrogens (tertiary/aromatic N) is 3. The van der Waals surface area contributed by atoms with Crippen molar-refractivity contribution in [2.75, 3.05) is 7.05 Å². The predicted octanol–water partition coefficient (Wildman–Crippen LogP) is 2.42. The molecular formula is C12H13FN3O+. The summed E-state index contributed by atoms with van der Waals surface area (Å²) in [5.74, 6) is -0.258. The summed E-state index contributed by atoms with van der Waals surface area (Å²) in [5, 5.41) is 4.14. The molecule has 17 heavy (non-hydrogen) atoms. The number of aromatic nitrogens is 2. The van der Waals surface area contributed by atoms with Gasteiger partial charge in [-0.2, -0.15) is 5.10 Å². The summed E-state index contributed by atoms with van der Waals surface area (Å²) in [7, 11) is 1.44. The SMILES string of the molecule is Cc1c([N+](C)=O)cnn1Cc1ccc(F)cc1. The second kappa shape index (κ2) is 4.45. The lowest BCUT2D eigenvalue weighted by molar-refractivity contribution is -0.428. The van der Waals surface area contributed by atoms with Crippen LogP contribution in [-0.4, -0.2) is 21.6 Å². The highest BCUT2D eigenvalue weighted by atomic mass is 19.1. The number of hydrogen-bond acceptors (Lipinski definition) is 2. The molecule has 1 aromatic carbocycles. The lowest BCUT2D eigenvalue weighted by Gasteiger charge is -2.03. The fourth-order valence-electron chi connectivity index (χ4n) is 1.67. The molecule has 0 bridgehead atoms. The van der Waals surface area contributed by atoms with Gasteiger partial charge in [0, 0.05) is 9.67 Å². The van der Waals surface area contributed by atoms with E-state index in [2.05, 4.69) is 5.10 Å². The number of nitroso groups, excluding NO2 is 1. The predicted molar refractivity (Wildman–Crippen MR) is 61.7 cm³/mol. The van der Waals surface area contributed by atoms with Crippen molar-refractivity contribution in [3.05, 3.63) is 52.4 Å². The molecule has 0 N–H and O–H groups in total. The molecule has 0 aliphatic rings. The van der Waals surface area contributed by atoms with Crippen LogP contribution in [0.1, 0.15) is 11.3 Å². The Morgan fingerprint density at radius 3 is 2.53 bits per heavy atom. The minimum Gasteiger partial charge on any atom is -0.258 e. The highest BCUT2D eigenvalue weighted by Crippen LogP contribution is 2.16. The van der Waals surface area contributed by atoms with Crippen LogP contribution in [0.4, 0.5) is 10.1 Å². The smallest absolute Gasteiger partial charge is 0.258 e. The number of benzene rings is 1. The van der Waals surface area contributed by atoms with Crippen LogP contribution in [0.2, 0.25) is 0 Å². The summed E-state index contributed by atoms with van der Waals surface area (Å²) in [6.07, 6.45) is 1.53. The van der Waals surface area contributed by atoms with Crippen molar-refractivity contribution in [3.8, 4) is 0 Å². The fraction of sp³-hybridized carbons (Fsp3) is 0.250. The third-order valence-electron chi connectivity index (χ3n) is 2.66. The van der Waals surface area contributed by atoms with Gasteiger partial charge in [-0.3, -0.25) is 4.68 Å². The molecule has 4 nitrogen and oxygen atoms in total. The van der Waals surface area contributed by atoms with Gasteiger partial charge in [-0.15, -0.1) is 0 Å².